The fraction of sp³-hybridized carbons (Fsp3) is 0.500. The Hall–Kier alpha value is -1.76. The molecule has 0 aliphatic carbocycles. The number of benzene rings is 1. The molecule has 116 valence electrons. The lowest BCUT2D eigenvalue weighted by Crippen LogP contribution is -2.49. The molecule has 1 saturated heterocycles. The molecule has 1 atom stereocenters. The Kier molecular flexibility index (Phi) is 4.13. The van der Waals surface area contributed by atoms with Crippen molar-refractivity contribution in [3.05, 3.63) is 23.8 Å². The summed E-state index contributed by atoms with van der Waals surface area (Å²) in [6.07, 6.45) is -4.83. The highest BCUT2D eigenvalue weighted by molar-refractivity contribution is 5.97. The molecule has 0 saturated carbocycles. The Bertz CT molecular complexity index is 538. The van der Waals surface area contributed by atoms with Crippen molar-refractivity contribution in [2.75, 3.05) is 25.5 Å². The van der Waals surface area contributed by atoms with Crippen molar-refractivity contribution < 1.29 is 22.7 Å². The molecule has 1 fully saturated rings. The maximum absolute atomic E-state index is 13.3. The lowest BCUT2D eigenvalue weighted by molar-refractivity contribution is -0.213. The number of carbonyl (C=O) groups is 1. The van der Waals surface area contributed by atoms with Gasteiger partial charge in [0.2, 0.25) is 5.91 Å². The van der Waals surface area contributed by atoms with Gasteiger partial charge in [-0.15, -0.1) is 0 Å². The molecule has 2 N–H and O–H groups in total. The van der Waals surface area contributed by atoms with Crippen molar-refractivity contribution >= 4 is 11.6 Å². The Morgan fingerprint density at radius 1 is 1.43 bits per heavy atom. The summed E-state index contributed by atoms with van der Waals surface area (Å²) in [5.41, 5.74) is -1.36. The Morgan fingerprint density at radius 3 is 2.62 bits per heavy atom. The van der Waals surface area contributed by atoms with Gasteiger partial charge in [0.05, 0.1) is 7.11 Å². The summed E-state index contributed by atoms with van der Waals surface area (Å²) in [5.74, 6) is -0.438. The van der Waals surface area contributed by atoms with E-state index in [1.807, 2.05) is 0 Å². The van der Waals surface area contributed by atoms with E-state index < -0.39 is 24.0 Å². The highest BCUT2D eigenvalue weighted by atomic mass is 19.4. The summed E-state index contributed by atoms with van der Waals surface area (Å²) >= 11 is 0. The normalized spacial score (nSPS) is 22.1. The minimum Gasteiger partial charge on any atom is -0.497 e. The van der Waals surface area contributed by atoms with Crippen LogP contribution in [0.25, 0.3) is 0 Å². The van der Waals surface area contributed by atoms with Crippen molar-refractivity contribution in [3.63, 3.8) is 0 Å². The molecular weight excluding hydrogens is 285 g/mol. The van der Waals surface area contributed by atoms with Crippen molar-refractivity contribution in [1.29, 1.82) is 0 Å². The maximum Gasteiger partial charge on any atom is 0.404 e. The Balaban J connectivity index is 2.24. The first kappa shape index (κ1) is 15.6. The second-order valence-corrected chi connectivity index (χ2v) is 5.14. The van der Waals surface area contributed by atoms with E-state index in [1.165, 1.54) is 7.11 Å². The molecule has 1 aliphatic rings. The van der Waals surface area contributed by atoms with Gasteiger partial charge in [-0.1, -0.05) is 0 Å². The van der Waals surface area contributed by atoms with Crippen molar-refractivity contribution in [3.8, 4) is 5.75 Å². The number of ether oxygens (including phenoxy) is 1. The number of hydrogen-bond donors (Lipinski definition) is 2. The zero-order valence-electron chi connectivity index (χ0n) is 11.8. The predicted octanol–water partition coefficient (Wildman–Crippen LogP) is 2.48. The van der Waals surface area contributed by atoms with Crippen LogP contribution in [0.15, 0.2) is 18.2 Å². The van der Waals surface area contributed by atoms with E-state index in [-0.39, 0.29) is 13.0 Å². The minimum atomic E-state index is -4.58. The van der Waals surface area contributed by atoms with Crippen molar-refractivity contribution in [1.82, 2.24) is 5.32 Å². The topological polar surface area (TPSA) is 50.4 Å². The zero-order valence-corrected chi connectivity index (χ0v) is 11.8. The van der Waals surface area contributed by atoms with Gasteiger partial charge in [0.25, 0.3) is 0 Å². The van der Waals surface area contributed by atoms with E-state index >= 15 is 0 Å². The Labute approximate surface area is 120 Å². The van der Waals surface area contributed by atoms with Gasteiger partial charge in [-0.05, 0) is 43.7 Å². The van der Waals surface area contributed by atoms with Gasteiger partial charge in [-0.2, -0.15) is 13.2 Å². The summed E-state index contributed by atoms with van der Waals surface area (Å²) in [6, 6.07) is 4.79. The number of aryl methyl sites for hydroxylation is 1. The molecule has 1 aliphatic heterocycles. The third kappa shape index (κ3) is 2.83. The summed E-state index contributed by atoms with van der Waals surface area (Å²) in [6.45, 7) is 1.48. The fourth-order valence-corrected chi connectivity index (χ4v) is 2.40. The van der Waals surface area contributed by atoms with Crippen LogP contribution in [-0.4, -0.2) is 32.3 Å². The lowest BCUT2D eigenvalue weighted by atomic mass is 9.85. The quantitative estimate of drug-likeness (QED) is 0.902. The van der Waals surface area contributed by atoms with E-state index in [1.54, 1.807) is 25.1 Å². The number of anilines is 1. The Morgan fingerprint density at radius 2 is 2.14 bits per heavy atom. The number of alkyl halides is 3. The molecule has 1 aromatic carbocycles. The average molecular weight is 302 g/mol. The molecule has 0 bridgehead atoms. The van der Waals surface area contributed by atoms with E-state index in [0.717, 1.165) is 0 Å². The maximum atomic E-state index is 13.3. The van der Waals surface area contributed by atoms with Gasteiger partial charge in [-0.25, -0.2) is 0 Å². The summed E-state index contributed by atoms with van der Waals surface area (Å²) < 4.78 is 44.8. The second kappa shape index (κ2) is 5.55. The van der Waals surface area contributed by atoms with Crippen LogP contribution in [0.5, 0.6) is 5.75 Å². The smallest absolute Gasteiger partial charge is 0.404 e. The molecule has 0 radical (unpaired) electrons. The number of hydrogen-bond acceptors (Lipinski definition) is 3. The number of halogens is 3. The third-order valence-electron chi connectivity index (χ3n) is 3.81. The number of rotatable bonds is 3. The summed E-state index contributed by atoms with van der Waals surface area (Å²) in [4.78, 5) is 12.2. The molecule has 1 unspecified atom stereocenters. The van der Waals surface area contributed by atoms with E-state index in [9.17, 15) is 18.0 Å². The molecule has 1 heterocycles. The first-order valence-corrected chi connectivity index (χ1v) is 6.54. The van der Waals surface area contributed by atoms with Gasteiger partial charge in [0, 0.05) is 12.2 Å². The molecule has 21 heavy (non-hydrogen) atoms. The number of amides is 1. The minimum absolute atomic E-state index is 0.175. The van der Waals surface area contributed by atoms with Gasteiger partial charge in [0.1, 0.15) is 5.75 Å². The third-order valence-corrected chi connectivity index (χ3v) is 3.81. The van der Waals surface area contributed by atoms with Crippen LogP contribution in [0, 0.1) is 12.3 Å². The second-order valence-electron chi connectivity index (χ2n) is 5.14. The number of methoxy groups -OCH3 is 1. The van der Waals surface area contributed by atoms with Crippen molar-refractivity contribution in [2.45, 2.75) is 19.5 Å². The largest absolute Gasteiger partial charge is 0.497 e. The van der Waals surface area contributed by atoms with E-state index in [2.05, 4.69) is 10.6 Å². The van der Waals surface area contributed by atoms with Crippen LogP contribution in [0.1, 0.15) is 12.0 Å². The van der Waals surface area contributed by atoms with Crippen LogP contribution in [-0.2, 0) is 4.79 Å². The summed E-state index contributed by atoms with van der Waals surface area (Å²) in [5, 5.41) is 5.01. The summed E-state index contributed by atoms with van der Waals surface area (Å²) in [7, 11) is 1.50. The van der Waals surface area contributed by atoms with Gasteiger partial charge < -0.3 is 15.4 Å². The van der Waals surface area contributed by atoms with Crippen LogP contribution >= 0.6 is 0 Å². The molecule has 2 rings (SSSR count). The molecule has 1 amide bonds. The van der Waals surface area contributed by atoms with Gasteiger partial charge in [0.15, 0.2) is 5.41 Å². The molecule has 0 spiro atoms. The molecular formula is C14H17F3N2O2. The standard InChI is InChI=1S/C14H17F3N2O2/c1-9-7-10(21-2)3-4-11(9)19-12(20)13(14(15,16)17)5-6-18-8-13/h3-4,7,18H,5-6,8H2,1-2H3,(H,19,20). The molecule has 0 aromatic heterocycles. The van der Waals surface area contributed by atoms with Crippen LogP contribution in [0.4, 0.5) is 18.9 Å². The predicted molar refractivity (Wildman–Crippen MR) is 72.3 cm³/mol. The van der Waals surface area contributed by atoms with Crippen LogP contribution in [0.2, 0.25) is 0 Å². The molecule has 7 heteroatoms. The van der Waals surface area contributed by atoms with Crippen LogP contribution < -0.4 is 15.4 Å². The van der Waals surface area contributed by atoms with Gasteiger partial charge in [-0.3, -0.25) is 4.79 Å². The zero-order chi connectivity index (χ0) is 15.7. The monoisotopic (exact) mass is 302 g/mol. The lowest BCUT2D eigenvalue weighted by Gasteiger charge is -2.29. The average Bonchev–Trinajstić information content (AvgIpc) is 2.91. The van der Waals surface area contributed by atoms with E-state index in [4.69, 9.17) is 4.74 Å². The van der Waals surface area contributed by atoms with Gasteiger partial charge >= 0.3 is 6.18 Å². The first-order valence-electron chi connectivity index (χ1n) is 6.54. The number of nitrogens with one attached hydrogen (secondary N) is 2. The van der Waals surface area contributed by atoms with Crippen LogP contribution in [0.3, 0.4) is 0 Å². The molecule has 1 aromatic rings. The fourth-order valence-electron chi connectivity index (χ4n) is 2.40. The van der Waals surface area contributed by atoms with Crippen molar-refractivity contribution in [2.24, 2.45) is 5.41 Å². The number of carbonyl (C=O) groups excluding carboxylic acids is 1. The SMILES string of the molecule is COc1ccc(NC(=O)C2(C(F)(F)F)CCNC2)c(C)c1. The van der Waals surface area contributed by atoms with E-state index in [0.29, 0.717) is 17.0 Å². The highest BCUT2D eigenvalue weighted by Gasteiger charge is 2.61. The first-order chi connectivity index (χ1) is 9.80. The highest BCUT2D eigenvalue weighted by Crippen LogP contribution is 2.44. The molecule has 4 nitrogen and oxygen atoms in total.